The van der Waals surface area contributed by atoms with Gasteiger partial charge in [0.2, 0.25) is 0 Å². The molecule has 0 fully saturated rings. The number of hydrazone groups is 1. The third kappa shape index (κ3) is 7.63. The van der Waals surface area contributed by atoms with Crippen LogP contribution >= 0.6 is 0 Å². The molecule has 0 atom stereocenters. The van der Waals surface area contributed by atoms with Crippen LogP contribution in [-0.4, -0.2) is 31.8 Å². The number of hydrogen-bond donors (Lipinski definition) is 1. The van der Waals surface area contributed by atoms with E-state index in [-0.39, 0.29) is 12.5 Å². The van der Waals surface area contributed by atoms with Crippen molar-refractivity contribution in [3.8, 4) is 17.2 Å². The van der Waals surface area contributed by atoms with E-state index in [0.717, 1.165) is 28.0 Å². The highest BCUT2D eigenvalue weighted by atomic mass is 16.5. The van der Waals surface area contributed by atoms with Crippen LogP contribution in [0.15, 0.2) is 77.9 Å². The maximum absolute atomic E-state index is 12.0. The first-order chi connectivity index (χ1) is 16.4. The molecule has 7 heteroatoms. The molecule has 0 aliphatic heterocycles. The largest absolute Gasteiger partial charge is 0.497 e. The van der Waals surface area contributed by atoms with E-state index in [0.29, 0.717) is 11.5 Å². The Bertz CT molecular complexity index is 1180. The highest BCUT2D eigenvalue weighted by molar-refractivity contribution is 5.89. The van der Waals surface area contributed by atoms with E-state index < -0.39 is 5.97 Å². The molecule has 174 valence electrons. The van der Waals surface area contributed by atoms with Crippen molar-refractivity contribution >= 4 is 24.2 Å². The quantitative estimate of drug-likeness (QED) is 0.168. The molecule has 0 aliphatic rings. The van der Waals surface area contributed by atoms with Gasteiger partial charge in [-0.3, -0.25) is 4.79 Å². The topological polar surface area (TPSA) is 86.2 Å². The Hall–Kier alpha value is -4.39. The number of methoxy groups -OCH3 is 1. The first-order valence-electron chi connectivity index (χ1n) is 10.6. The van der Waals surface area contributed by atoms with Crippen molar-refractivity contribution in [2.24, 2.45) is 5.10 Å². The zero-order chi connectivity index (χ0) is 24.3. The Balaban J connectivity index is 1.43. The molecule has 1 N–H and O–H groups in total. The first-order valence-corrected chi connectivity index (χ1v) is 10.6. The Morgan fingerprint density at radius 2 is 1.59 bits per heavy atom. The lowest BCUT2D eigenvalue weighted by Gasteiger charge is -2.08. The van der Waals surface area contributed by atoms with Crippen molar-refractivity contribution in [2.75, 3.05) is 13.7 Å². The van der Waals surface area contributed by atoms with Crippen molar-refractivity contribution in [1.29, 1.82) is 0 Å². The summed E-state index contributed by atoms with van der Waals surface area (Å²) in [7, 11) is 1.60. The van der Waals surface area contributed by atoms with Gasteiger partial charge in [-0.05, 0) is 79.1 Å². The summed E-state index contributed by atoms with van der Waals surface area (Å²) in [6, 6.07) is 19.8. The molecule has 1 amide bonds. The van der Waals surface area contributed by atoms with E-state index in [4.69, 9.17) is 14.2 Å². The van der Waals surface area contributed by atoms with Crippen molar-refractivity contribution in [1.82, 2.24) is 5.43 Å². The molecule has 0 bridgehead atoms. The minimum atomic E-state index is -0.492. The molecule has 0 aliphatic carbocycles. The van der Waals surface area contributed by atoms with E-state index in [1.54, 1.807) is 37.5 Å². The summed E-state index contributed by atoms with van der Waals surface area (Å²) in [5.74, 6) is 0.938. The van der Waals surface area contributed by atoms with Gasteiger partial charge in [-0.2, -0.15) is 5.10 Å². The molecule has 3 aromatic carbocycles. The third-order valence-electron chi connectivity index (χ3n) is 4.72. The summed E-state index contributed by atoms with van der Waals surface area (Å²) >= 11 is 0. The second-order valence-corrected chi connectivity index (χ2v) is 7.45. The lowest BCUT2D eigenvalue weighted by atomic mass is 10.1. The third-order valence-corrected chi connectivity index (χ3v) is 4.72. The number of esters is 1. The average molecular weight is 459 g/mol. The van der Waals surface area contributed by atoms with Gasteiger partial charge >= 0.3 is 5.97 Å². The number of rotatable bonds is 9. The van der Waals surface area contributed by atoms with Crippen LogP contribution in [0.1, 0.15) is 22.3 Å². The molecule has 0 aromatic heterocycles. The number of nitrogens with one attached hydrogen (secondary N) is 1. The van der Waals surface area contributed by atoms with Gasteiger partial charge in [-0.25, -0.2) is 10.2 Å². The number of nitrogens with zero attached hydrogens (tertiary/aromatic N) is 1. The van der Waals surface area contributed by atoms with E-state index >= 15 is 0 Å². The zero-order valence-electron chi connectivity index (χ0n) is 19.3. The second kappa shape index (κ2) is 12.0. The summed E-state index contributed by atoms with van der Waals surface area (Å²) < 4.78 is 15.9. The van der Waals surface area contributed by atoms with Crippen LogP contribution in [0.5, 0.6) is 17.2 Å². The summed E-state index contributed by atoms with van der Waals surface area (Å²) in [5, 5.41) is 3.92. The standard InChI is InChI=1S/C27H26N2O5/c1-19-4-14-25(20(2)16-19)33-18-26(30)29-28-17-22-7-12-24(13-8-22)34-27(31)15-9-21-5-10-23(32-3)11-6-21/h4-17H,18H2,1-3H3,(H,29,30)/b15-9+,28-17-. The zero-order valence-corrected chi connectivity index (χ0v) is 19.3. The number of amides is 1. The van der Waals surface area contributed by atoms with Gasteiger partial charge in [0.1, 0.15) is 17.2 Å². The fourth-order valence-electron chi connectivity index (χ4n) is 2.97. The van der Waals surface area contributed by atoms with Crippen molar-refractivity contribution < 1.29 is 23.8 Å². The van der Waals surface area contributed by atoms with E-state index in [9.17, 15) is 9.59 Å². The van der Waals surface area contributed by atoms with Crippen LogP contribution in [0.2, 0.25) is 0 Å². The summed E-state index contributed by atoms with van der Waals surface area (Å²) in [6.07, 6.45) is 4.51. The molecule has 0 radical (unpaired) electrons. The van der Waals surface area contributed by atoms with Crippen LogP contribution in [-0.2, 0) is 9.59 Å². The summed E-state index contributed by atoms with van der Waals surface area (Å²) in [4.78, 5) is 24.0. The minimum absolute atomic E-state index is 0.139. The second-order valence-electron chi connectivity index (χ2n) is 7.45. The SMILES string of the molecule is COc1ccc(/C=C/C(=O)Oc2ccc(/C=N\NC(=O)COc3ccc(C)cc3C)cc2)cc1. The predicted molar refractivity (Wildman–Crippen MR) is 131 cm³/mol. The smallest absolute Gasteiger partial charge is 0.336 e. The van der Waals surface area contributed by atoms with Crippen LogP contribution in [0, 0.1) is 13.8 Å². The predicted octanol–water partition coefficient (Wildman–Crippen LogP) is 4.46. The highest BCUT2D eigenvalue weighted by Crippen LogP contribution is 2.18. The number of aryl methyl sites for hydroxylation is 2. The van der Waals surface area contributed by atoms with E-state index in [2.05, 4.69) is 10.5 Å². The molecule has 34 heavy (non-hydrogen) atoms. The molecule has 0 saturated carbocycles. The van der Waals surface area contributed by atoms with Gasteiger partial charge < -0.3 is 14.2 Å². The maximum Gasteiger partial charge on any atom is 0.336 e. The Kier molecular flexibility index (Phi) is 8.57. The van der Waals surface area contributed by atoms with Crippen LogP contribution in [0.3, 0.4) is 0 Å². The number of hydrogen-bond acceptors (Lipinski definition) is 6. The molecule has 0 heterocycles. The van der Waals surface area contributed by atoms with Crippen molar-refractivity contribution in [3.05, 3.63) is 95.1 Å². The van der Waals surface area contributed by atoms with Gasteiger partial charge in [-0.1, -0.05) is 29.8 Å². The number of benzene rings is 3. The van der Waals surface area contributed by atoms with Gasteiger partial charge in [0.05, 0.1) is 13.3 Å². The molecule has 7 nitrogen and oxygen atoms in total. The molecule has 3 rings (SSSR count). The lowest BCUT2D eigenvalue weighted by Crippen LogP contribution is -2.24. The Morgan fingerprint density at radius 3 is 2.26 bits per heavy atom. The Labute approximate surface area is 198 Å². The van der Waals surface area contributed by atoms with Crippen molar-refractivity contribution in [3.63, 3.8) is 0 Å². The van der Waals surface area contributed by atoms with Gasteiger partial charge in [0.15, 0.2) is 6.61 Å². The molecule has 0 saturated heterocycles. The van der Waals surface area contributed by atoms with Crippen LogP contribution < -0.4 is 19.6 Å². The van der Waals surface area contributed by atoms with Crippen LogP contribution in [0.4, 0.5) is 0 Å². The lowest BCUT2D eigenvalue weighted by molar-refractivity contribution is -0.129. The minimum Gasteiger partial charge on any atom is -0.497 e. The number of ether oxygens (including phenoxy) is 3. The molecular weight excluding hydrogens is 432 g/mol. The van der Waals surface area contributed by atoms with Crippen molar-refractivity contribution in [2.45, 2.75) is 13.8 Å². The number of carbonyl (C=O) groups excluding carboxylic acids is 2. The van der Waals surface area contributed by atoms with Crippen LogP contribution in [0.25, 0.3) is 6.08 Å². The number of carbonyl (C=O) groups is 2. The Morgan fingerprint density at radius 1 is 0.912 bits per heavy atom. The normalized spacial score (nSPS) is 10.9. The molecule has 0 spiro atoms. The monoisotopic (exact) mass is 458 g/mol. The summed E-state index contributed by atoms with van der Waals surface area (Å²) in [5.41, 5.74) is 6.10. The molecular formula is C27H26N2O5. The molecule has 0 unspecified atom stereocenters. The molecule has 3 aromatic rings. The van der Waals surface area contributed by atoms with Gasteiger partial charge in [0.25, 0.3) is 5.91 Å². The van der Waals surface area contributed by atoms with Gasteiger partial charge in [-0.15, -0.1) is 0 Å². The average Bonchev–Trinajstić information content (AvgIpc) is 2.83. The van der Waals surface area contributed by atoms with Gasteiger partial charge in [0, 0.05) is 6.08 Å². The maximum atomic E-state index is 12.0. The van der Waals surface area contributed by atoms with E-state index in [1.165, 1.54) is 12.3 Å². The fraction of sp³-hybridized carbons (Fsp3) is 0.148. The van der Waals surface area contributed by atoms with E-state index in [1.807, 2.05) is 56.3 Å². The summed E-state index contributed by atoms with van der Waals surface area (Å²) in [6.45, 7) is 3.78. The first kappa shape index (κ1) is 24.3. The highest BCUT2D eigenvalue weighted by Gasteiger charge is 2.04. The fourth-order valence-corrected chi connectivity index (χ4v) is 2.97.